The highest BCUT2D eigenvalue weighted by Gasteiger charge is 2.49. The number of amides is 3. The van der Waals surface area contributed by atoms with Crippen LogP contribution in [0, 0.1) is 0 Å². The zero-order valence-corrected chi connectivity index (χ0v) is 20.9. The molecule has 2 bridgehead atoms. The predicted octanol–water partition coefficient (Wildman–Crippen LogP) is -1.14. The summed E-state index contributed by atoms with van der Waals surface area (Å²) in [6.07, 6.45) is -2.16. The molecule has 19 heteroatoms. The standard InChI is InChI=1S/C17H29N5O8S.C2HF3O2/c23-14-3-5-20(6-4-14)13-7-11(18-8-13)10-29-19-16(24)15-2-1-12-9-21(15)17(25)22(12)30-31(26,27)28;3-2(4,5)1(6)7/h11-15,18,23H,1-10H2,(H,19,24)(H,26,27,28);(H,6,7)/t11-,12+,13-,15-;/m0./s1. The minimum absolute atomic E-state index is 0.0833. The Morgan fingerprint density at radius 2 is 1.76 bits per heavy atom. The summed E-state index contributed by atoms with van der Waals surface area (Å²) in [4.78, 5) is 42.8. The highest BCUT2D eigenvalue weighted by Crippen LogP contribution is 2.30. The Kier molecular flexibility index (Phi) is 9.76. The number of nitrogens with one attached hydrogen (secondary N) is 2. The van der Waals surface area contributed by atoms with Gasteiger partial charge in [0, 0.05) is 38.3 Å². The van der Waals surface area contributed by atoms with Gasteiger partial charge in [0.05, 0.1) is 18.8 Å². The Morgan fingerprint density at radius 3 is 2.34 bits per heavy atom. The Balaban J connectivity index is 0.000000505. The van der Waals surface area contributed by atoms with E-state index in [1.54, 1.807) is 0 Å². The van der Waals surface area contributed by atoms with Crippen LogP contribution in [0.3, 0.4) is 0 Å². The average Bonchev–Trinajstić information content (AvgIpc) is 3.38. The second-order valence-electron chi connectivity index (χ2n) is 9.35. The molecular weight excluding hydrogens is 547 g/mol. The number of carbonyl (C=O) groups excluding carboxylic acids is 2. The first-order valence-electron chi connectivity index (χ1n) is 11.8. The van der Waals surface area contributed by atoms with Crippen molar-refractivity contribution in [2.24, 2.45) is 0 Å². The molecule has 4 aliphatic heterocycles. The maximum absolute atomic E-state index is 12.5. The van der Waals surface area contributed by atoms with Crippen molar-refractivity contribution >= 4 is 28.3 Å². The number of carbonyl (C=O) groups is 3. The fourth-order valence-corrected chi connectivity index (χ4v) is 5.23. The summed E-state index contributed by atoms with van der Waals surface area (Å²) in [6.45, 7) is 2.99. The normalized spacial score (nSPS) is 28.7. The number of aliphatic hydroxyl groups excluding tert-OH is 1. The summed E-state index contributed by atoms with van der Waals surface area (Å²) in [5, 5.41) is 20.8. The zero-order valence-electron chi connectivity index (χ0n) is 20.0. The number of hydrogen-bond donors (Lipinski definition) is 5. The minimum Gasteiger partial charge on any atom is -0.475 e. The van der Waals surface area contributed by atoms with Gasteiger partial charge in [-0.2, -0.15) is 26.7 Å². The highest BCUT2D eigenvalue weighted by molar-refractivity contribution is 7.80. The second kappa shape index (κ2) is 12.3. The number of fused-ring (bicyclic) bond motifs is 2. The summed E-state index contributed by atoms with van der Waals surface area (Å²) in [5.41, 5.74) is 2.40. The molecule has 4 rings (SSSR count). The lowest BCUT2D eigenvalue weighted by molar-refractivity contribution is -0.192. The van der Waals surface area contributed by atoms with E-state index in [1.807, 2.05) is 0 Å². The molecule has 15 nitrogen and oxygen atoms in total. The van der Waals surface area contributed by atoms with E-state index in [9.17, 15) is 36.3 Å². The summed E-state index contributed by atoms with van der Waals surface area (Å²) >= 11 is 0. The quantitative estimate of drug-likeness (QED) is 0.180. The molecule has 0 aromatic rings. The van der Waals surface area contributed by atoms with Gasteiger partial charge in [-0.15, -0.1) is 4.28 Å². The van der Waals surface area contributed by atoms with E-state index < -0.39 is 46.6 Å². The maximum Gasteiger partial charge on any atom is 0.490 e. The Morgan fingerprint density at radius 1 is 1.13 bits per heavy atom. The molecule has 4 atom stereocenters. The van der Waals surface area contributed by atoms with E-state index in [0.29, 0.717) is 23.9 Å². The first-order valence-corrected chi connectivity index (χ1v) is 13.2. The monoisotopic (exact) mass is 577 g/mol. The molecule has 0 radical (unpaired) electrons. The van der Waals surface area contributed by atoms with Gasteiger partial charge in [-0.3, -0.25) is 19.1 Å². The van der Waals surface area contributed by atoms with Gasteiger partial charge in [0.25, 0.3) is 5.91 Å². The van der Waals surface area contributed by atoms with Crippen LogP contribution in [0.25, 0.3) is 0 Å². The molecule has 5 N–H and O–H groups in total. The van der Waals surface area contributed by atoms with Crippen molar-refractivity contribution in [2.75, 3.05) is 32.8 Å². The maximum atomic E-state index is 12.5. The van der Waals surface area contributed by atoms with E-state index in [-0.39, 0.29) is 25.3 Å². The fourth-order valence-electron chi connectivity index (χ4n) is 4.84. The lowest BCUT2D eigenvalue weighted by Crippen LogP contribution is -2.50. The number of hydrogen-bond acceptors (Lipinski definition) is 10. The molecule has 218 valence electrons. The number of hydroxylamine groups is 3. The lowest BCUT2D eigenvalue weighted by Gasteiger charge is -2.34. The largest absolute Gasteiger partial charge is 0.490 e. The number of halogens is 3. The molecule has 0 aliphatic carbocycles. The average molecular weight is 578 g/mol. The van der Waals surface area contributed by atoms with Gasteiger partial charge >= 0.3 is 28.6 Å². The third-order valence-electron chi connectivity index (χ3n) is 6.71. The Labute approximate surface area is 215 Å². The van der Waals surface area contributed by atoms with E-state index in [2.05, 4.69) is 20.0 Å². The SMILES string of the molecule is O=C(NOC[C@@H]1C[C@H](N2CCC(O)CC2)CN1)[C@@H]1CC[C@@H]2CN1C(=O)N2OS(=O)(=O)O.O=C(O)C(F)(F)F. The van der Waals surface area contributed by atoms with Crippen molar-refractivity contribution in [2.45, 2.75) is 68.6 Å². The van der Waals surface area contributed by atoms with Gasteiger partial charge in [0.15, 0.2) is 0 Å². The van der Waals surface area contributed by atoms with Crippen molar-refractivity contribution < 1.29 is 59.9 Å². The number of carboxylic acid groups (broad SMARTS) is 1. The van der Waals surface area contributed by atoms with Crippen LogP contribution in [0.2, 0.25) is 0 Å². The predicted molar refractivity (Wildman–Crippen MR) is 118 cm³/mol. The number of likely N-dealkylation sites (tertiary alicyclic amines) is 1. The van der Waals surface area contributed by atoms with Gasteiger partial charge in [-0.05, 0) is 32.1 Å². The van der Waals surface area contributed by atoms with Gasteiger partial charge < -0.3 is 20.4 Å². The van der Waals surface area contributed by atoms with Gasteiger partial charge in [0.1, 0.15) is 6.04 Å². The molecule has 4 aliphatic rings. The van der Waals surface area contributed by atoms with E-state index in [4.69, 9.17) is 19.3 Å². The van der Waals surface area contributed by atoms with Crippen molar-refractivity contribution in [1.82, 2.24) is 25.7 Å². The fraction of sp³-hybridized carbons (Fsp3) is 0.842. The topological polar surface area (TPSA) is 198 Å². The number of rotatable bonds is 7. The number of aliphatic hydroxyl groups is 1. The molecule has 4 heterocycles. The van der Waals surface area contributed by atoms with Crippen molar-refractivity contribution in [3.05, 3.63) is 0 Å². The van der Waals surface area contributed by atoms with E-state index >= 15 is 0 Å². The highest BCUT2D eigenvalue weighted by atomic mass is 32.3. The third-order valence-corrected chi connectivity index (χ3v) is 7.06. The molecule has 0 aromatic heterocycles. The van der Waals surface area contributed by atoms with Crippen molar-refractivity contribution in [3.8, 4) is 0 Å². The number of piperidine rings is 2. The Bertz CT molecular complexity index is 979. The van der Waals surface area contributed by atoms with Crippen LogP contribution in [-0.4, -0.2) is 125 Å². The molecule has 3 amide bonds. The van der Waals surface area contributed by atoms with Crippen molar-refractivity contribution in [1.29, 1.82) is 0 Å². The molecule has 0 saturated carbocycles. The van der Waals surface area contributed by atoms with Crippen molar-refractivity contribution in [3.63, 3.8) is 0 Å². The van der Waals surface area contributed by atoms with Gasteiger partial charge in [-0.1, -0.05) is 0 Å². The van der Waals surface area contributed by atoms with Gasteiger partial charge in [0.2, 0.25) is 0 Å². The van der Waals surface area contributed by atoms with Gasteiger partial charge in [-0.25, -0.2) is 15.1 Å². The molecule has 0 unspecified atom stereocenters. The van der Waals surface area contributed by atoms with Crippen LogP contribution in [0.4, 0.5) is 18.0 Å². The number of alkyl halides is 3. The van der Waals surface area contributed by atoms with Crippen LogP contribution in [0.15, 0.2) is 0 Å². The molecule has 4 saturated heterocycles. The summed E-state index contributed by atoms with van der Waals surface area (Å²) in [5.74, 6) is -3.24. The number of nitrogens with zero attached hydrogens (tertiary/aromatic N) is 3. The molecule has 0 aromatic carbocycles. The number of urea groups is 1. The van der Waals surface area contributed by atoms with Crippen LogP contribution >= 0.6 is 0 Å². The smallest absolute Gasteiger partial charge is 0.475 e. The van der Waals surface area contributed by atoms with Crippen LogP contribution in [-0.2, 0) is 29.1 Å². The molecule has 0 spiro atoms. The van der Waals surface area contributed by atoms with Crippen LogP contribution in [0.1, 0.15) is 32.1 Å². The van der Waals surface area contributed by atoms with Crippen LogP contribution in [0.5, 0.6) is 0 Å². The molecule has 4 fully saturated rings. The van der Waals surface area contributed by atoms with Crippen LogP contribution < -0.4 is 10.8 Å². The lowest BCUT2D eigenvalue weighted by atomic mass is 10.0. The zero-order chi connectivity index (χ0) is 28.3. The summed E-state index contributed by atoms with van der Waals surface area (Å²) < 4.78 is 66.8. The summed E-state index contributed by atoms with van der Waals surface area (Å²) in [6, 6.07) is -1.67. The minimum atomic E-state index is -5.08. The second-order valence-corrected chi connectivity index (χ2v) is 10.4. The molecule has 38 heavy (non-hydrogen) atoms. The molecular formula is C19H30F3N5O10S. The third kappa shape index (κ3) is 8.10. The number of aliphatic carboxylic acids is 1. The summed E-state index contributed by atoms with van der Waals surface area (Å²) in [7, 11) is -4.83. The first-order chi connectivity index (χ1) is 17.7. The first kappa shape index (κ1) is 30.3. The Hall–Kier alpha value is -2.29. The number of carboxylic acids is 1. The van der Waals surface area contributed by atoms with E-state index in [1.165, 1.54) is 4.90 Å². The van der Waals surface area contributed by atoms with E-state index in [0.717, 1.165) is 38.9 Å².